The van der Waals surface area contributed by atoms with Crippen LogP contribution in [0.25, 0.3) is 22.4 Å². The van der Waals surface area contributed by atoms with Gasteiger partial charge in [0.2, 0.25) is 0 Å². The summed E-state index contributed by atoms with van der Waals surface area (Å²) in [5.74, 6) is 1.46. The van der Waals surface area contributed by atoms with Crippen LogP contribution in [0.5, 0.6) is 11.5 Å². The number of ether oxygens (including phenoxy) is 1. The molecule has 162 valence electrons. The van der Waals surface area contributed by atoms with E-state index < -0.39 is 5.97 Å². The Labute approximate surface area is 194 Å². The first-order chi connectivity index (χ1) is 15.6. The molecule has 0 spiro atoms. The predicted molar refractivity (Wildman–Crippen MR) is 128 cm³/mol. The van der Waals surface area contributed by atoms with Crippen molar-refractivity contribution in [3.63, 3.8) is 0 Å². The molecule has 1 fully saturated rings. The van der Waals surface area contributed by atoms with Crippen molar-refractivity contribution < 1.29 is 14.6 Å². The molecular weight excluding hydrogens is 468 g/mol. The van der Waals surface area contributed by atoms with Crippen molar-refractivity contribution in [3.8, 4) is 22.9 Å². The Morgan fingerprint density at radius 2 is 1.75 bits per heavy atom. The van der Waals surface area contributed by atoms with Gasteiger partial charge >= 0.3 is 5.97 Å². The van der Waals surface area contributed by atoms with Crippen molar-refractivity contribution >= 4 is 32.9 Å². The third kappa shape index (κ3) is 4.15. The molecule has 0 radical (unpaired) electrons. The maximum absolute atomic E-state index is 11.5. The Kier molecular flexibility index (Phi) is 5.70. The number of aromatic carboxylic acids is 1. The van der Waals surface area contributed by atoms with Gasteiger partial charge in [-0.15, -0.1) is 0 Å². The number of imidazole rings is 1. The maximum atomic E-state index is 11.5. The van der Waals surface area contributed by atoms with E-state index in [1.165, 1.54) is 19.3 Å². The average Bonchev–Trinajstić information content (AvgIpc) is 3.19. The van der Waals surface area contributed by atoms with Gasteiger partial charge in [-0.05, 0) is 73.5 Å². The van der Waals surface area contributed by atoms with E-state index >= 15 is 0 Å². The summed E-state index contributed by atoms with van der Waals surface area (Å²) in [5.41, 5.74) is 2.96. The highest BCUT2D eigenvalue weighted by molar-refractivity contribution is 9.10. The Morgan fingerprint density at radius 1 is 0.969 bits per heavy atom. The Hall–Kier alpha value is -3.12. The molecule has 4 aromatic rings. The highest BCUT2D eigenvalue weighted by Crippen LogP contribution is 2.37. The molecule has 0 aliphatic heterocycles. The Bertz CT molecular complexity index is 1270. The molecule has 0 unspecified atom stereocenters. The van der Waals surface area contributed by atoms with Crippen LogP contribution in [0.3, 0.4) is 0 Å². The van der Waals surface area contributed by atoms with Gasteiger partial charge in [-0.1, -0.05) is 41.3 Å². The highest BCUT2D eigenvalue weighted by Gasteiger charge is 2.23. The zero-order valence-corrected chi connectivity index (χ0v) is 19.1. The summed E-state index contributed by atoms with van der Waals surface area (Å²) in [6.07, 6.45) is 5.91. The second kappa shape index (κ2) is 8.79. The summed E-state index contributed by atoms with van der Waals surface area (Å²) < 4.78 is 9.25. The lowest BCUT2D eigenvalue weighted by Crippen LogP contribution is -2.14. The van der Waals surface area contributed by atoms with Crippen LogP contribution in [0.4, 0.5) is 0 Å². The summed E-state index contributed by atoms with van der Waals surface area (Å²) >= 11 is 3.47. The molecule has 6 heteroatoms. The summed E-state index contributed by atoms with van der Waals surface area (Å²) in [6, 6.07) is 21.3. The molecule has 0 bridgehead atoms. The van der Waals surface area contributed by atoms with Gasteiger partial charge in [0.05, 0.1) is 16.6 Å². The average molecular weight is 491 g/mol. The number of benzene rings is 3. The van der Waals surface area contributed by atoms with Gasteiger partial charge in [0.1, 0.15) is 17.3 Å². The standard InChI is InChI=1S/C26H23BrN2O3/c27-19-5-4-8-22(16-19)32-21-12-9-17(10-13-21)25-28-23-15-18(26(30)31)11-14-24(23)29(25)20-6-2-1-3-7-20/h4-5,8-16,20H,1-3,6-7H2,(H,30,31). The van der Waals surface area contributed by atoms with Gasteiger partial charge in [-0.25, -0.2) is 9.78 Å². The minimum absolute atomic E-state index is 0.259. The summed E-state index contributed by atoms with van der Waals surface area (Å²) in [4.78, 5) is 16.3. The van der Waals surface area contributed by atoms with Crippen molar-refractivity contribution in [2.24, 2.45) is 0 Å². The van der Waals surface area contributed by atoms with Gasteiger partial charge in [-0.3, -0.25) is 0 Å². The van der Waals surface area contributed by atoms with E-state index in [1.807, 2.05) is 54.6 Å². The van der Waals surface area contributed by atoms with Gasteiger partial charge in [-0.2, -0.15) is 0 Å². The molecule has 5 nitrogen and oxygen atoms in total. The third-order valence-corrected chi connectivity index (χ3v) is 6.51. The minimum atomic E-state index is -0.935. The largest absolute Gasteiger partial charge is 0.478 e. The first-order valence-electron chi connectivity index (χ1n) is 10.9. The number of carbonyl (C=O) groups is 1. The van der Waals surface area contributed by atoms with Crippen molar-refractivity contribution in [3.05, 3.63) is 76.8 Å². The fourth-order valence-electron chi connectivity index (χ4n) is 4.48. The van der Waals surface area contributed by atoms with Crippen molar-refractivity contribution in [1.82, 2.24) is 9.55 Å². The third-order valence-electron chi connectivity index (χ3n) is 6.02. The number of fused-ring (bicyclic) bond motifs is 1. The predicted octanol–water partition coefficient (Wildman–Crippen LogP) is 7.46. The van der Waals surface area contributed by atoms with Gasteiger partial charge in [0.25, 0.3) is 0 Å². The fourth-order valence-corrected chi connectivity index (χ4v) is 4.86. The molecule has 0 atom stereocenters. The monoisotopic (exact) mass is 490 g/mol. The van der Waals surface area contributed by atoms with Gasteiger partial charge in [0.15, 0.2) is 0 Å². The maximum Gasteiger partial charge on any atom is 0.335 e. The van der Waals surface area contributed by atoms with E-state index in [4.69, 9.17) is 9.72 Å². The second-order valence-corrected chi connectivity index (χ2v) is 9.11. The molecule has 0 amide bonds. The van der Waals surface area contributed by atoms with Crippen LogP contribution in [0.15, 0.2) is 71.2 Å². The van der Waals surface area contributed by atoms with Crippen molar-refractivity contribution in [2.45, 2.75) is 38.1 Å². The van der Waals surface area contributed by atoms with Crippen molar-refractivity contribution in [2.75, 3.05) is 0 Å². The molecule has 5 rings (SSSR count). The molecule has 1 heterocycles. The van der Waals surface area contributed by atoms with Crippen LogP contribution in [-0.2, 0) is 0 Å². The number of carboxylic acids is 1. The molecule has 0 saturated heterocycles. The number of carboxylic acid groups (broad SMARTS) is 1. The van der Waals surface area contributed by atoms with Gasteiger partial charge < -0.3 is 14.4 Å². The number of hydrogen-bond acceptors (Lipinski definition) is 3. The number of halogens is 1. The van der Waals surface area contributed by atoms with E-state index in [2.05, 4.69) is 20.5 Å². The zero-order chi connectivity index (χ0) is 22.1. The van der Waals surface area contributed by atoms with Gasteiger partial charge in [0, 0.05) is 16.1 Å². The molecule has 3 aromatic carbocycles. The molecule has 32 heavy (non-hydrogen) atoms. The van der Waals surface area contributed by atoms with E-state index in [-0.39, 0.29) is 5.56 Å². The molecular formula is C26H23BrN2O3. The van der Waals surface area contributed by atoms with E-state index in [9.17, 15) is 9.90 Å². The minimum Gasteiger partial charge on any atom is -0.478 e. The lowest BCUT2D eigenvalue weighted by atomic mass is 9.95. The normalized spacial score (nSPS) is 14.5. The first kappa shape index (κ1) is 20.8. The SMILES string of the molecule is O=C(O)c1ccc2c(c1)nc(-c1ccc(Oc3cccc(Br)c3)cc1)n2C1CCCCC1. The van der Waals surface area contributed by atoms with Crippen LogP contribution >= 0.6 is 15.9 Å². The molecule has 1 N–H and O–H groups in total. The molecule has 1 aliphatic carbocycles. The van der Waals surface area contributed by atoms with Crippen LogP contribution < -0.4 is 4.74 Å². The number of aromatic nitrogens is 2. The van der Waals surface area contributed by atoms with E-state index in [0.29, 0.717) is 6.04 Å². The van der Waals surface area contributed by atoms with E-state index in [1.54, 1.807) is 12.1 Å². The van der Waals surface area contributed by atoms with E-state index in [0.717, 1.165) is 51.2 Å². The van der Waals surface area contributed by atoms with Crippen molar-refractivity contribution in [1.29, 1.82) is 0 Å². The highest BCUT2D eigenvalue weighted by atomic mass is 79.9. The lowest BCUT2D eigenvalue weighted by Gasteiger charge is -2.25. The number of nitrogens with zero attached hydrogens (tertiary/aromatic N) is 2. The zero-order valence-electron chi connectivity index (χ0n) is 17.5. The lowest BCUT2D eigenvalue weighted by molar-refractivity contribution is 0.0697. The van der Waals surface area contributed by atoms with Crippen LogP contribution in [0.1, 0.15) is 48.5 Å². The molecule has 1 saturated carbocycles. The quantitative estimate of drug-likeness (QED) is 0.315. The van der Waals surface area contributed by atoms with Crippen LogP contribution in [-0.4, -0.2) is 20.6 Å². The summed E-state index contributed by atoms with van der Waals surface area (Å²) in [7, 11) is 0. The first-order valence-corrected chi connectivity index (χ1v) is 11.7. The second-order valence-electron chi connectivity index (χ2n) is 8.19. The summed E-state index contributed by atoms with van der Waals surface area (Å²) in [6.45, 7) is 0. The topological polar surface area (TPSA) is 64.3 Å². The fraction of sp³-hybridized carbons (Fsp3) is 0.231. The van der Waals surface area contributed by atoms with Crippen LogP contribution in [0, 0.1) is 0 Å². The molecule has 1 aromatic heterocycles. The Morgan fingerprint density at radius 3 is 2.47 bits per heavy atom. The smallest absolute Gasteiger partial charge is 0.335 e. The molecule has 1 aliphatic rings. The summed E-state index contributed by atoms with van der Waals surface area (Å²) in [5, 5.41) is 9.40. The Balaban J connectivity index is 1.53. The number of rotatable bonds is 5. The van der Waals surface area contributed by atoms with Crippen LogP contribution in [0.2, 0.25) is 0 Å². The number of hydrogen-bond donors (Lipinski definition) is 1.